The molecule has 0 aliphatic rings. The zero-order valence-corrected chi connectivity index (χ0v) is 5.26. The maximum absolute atomic E-state index is 10.7. The van der Waals surface area contributed by atoms with Gasteiger partial charge >= 0.3 is 11.4 Å². The van der Waals surface area contributed by atoms with E-state index in [1.54, 1.807) is 0 Å². The summed E-state index contributed by atoms with van der Waals surface area (Å²) < 4.78 is 1.13. The van der Waals surface area contributed by atoms with E-state index in [-0.39, 0.29) is 0 Å². The zero-order chi connectivity index (χ0) is 7.56. The highest BCUT2D eigenvalue weighted by Crippen LogP contribution is 1.68. The minimum absolute atomic E-state index is 0.317. The van der Waals surface area contributed by atoms with Gasteiger partial charge in [-0.2, -0.15) is 0 Å². The van der Waals surface area contributed by atoms with Gasteiger partial charge in [0.15, 0.2) is 0 Å². The number of aromatic amines is 2. The fraction of sp³-hybridized carbons (Fsp3) is 0.200. The second-order valence-corrected chi connectivity index (χ2v) is 1.77. The van der Waals surface area contributed by atoms with Crippen LogP contribution in [-0.4, -0.2) is 14.8 Å². The normalized spacial score (nSPS) is 9.60. The summed E-state index contributed by atoms with van der Waals surface area (Å²) in [6.45, 7) is 3.73. The lowest BCUT2D eigenvalue weighted by Gasteiger charge is -1.88. The number of hydrogen-bond donors (Lipinski definition) is 2. The number of H-pyrrole nitrogens is 2. The number of nitrogens with one attached hydrogen (secondary N) is 2. The van der Waals surface area contributed by atoms with E-state index in [9.17, 15) is 9.59 Å². The summed E-state index contributed by atoms with van der Waals surface area (Å²) >= 11 is 0. The maximum atomic E-state index is 10.7. The molecule has 5 heteroatoms. The van der Waals surface area contributed by atoms with Crippen LogP contribution in [0.1, 0.15) is 0 Å². The summed E-state index contributed by atoms with van der Waals surface area (Å²) in [7, 11) is 0. The van der Waals surface area contributed by atoms with Crippen LogP contribution in [0.15, 0.2) is 22.2 Å². The molecule has 0 radical (unpaired) electrons. The van der Waals surface area contributed by atoms with E-state index < -0.39 is 11.4 Å². The van der Waals surface area contributed by atoms with Crippen molar-refractivity contribution in [3.05, 3.63) is 33.6 Å². The first-order chi connectivity index (χ1) is 4.74. The first-order valence-corrected chi connectivity index (χ1v) is 2.74. The molecule has 0 aliphatic heterocycles. The number of rotatable bonds is 2. The molecule has 10 heavy (non-hydrogen) atoms. The van der Waals surface area contributed by atoms with Crippen molar-refractivity contribution in [1.29, 1.82) is 0 Å². The van der Waals surface area contributed by atoms with Gasteiger partial charge in [0.25, 0.3) is 0 Å². The van der Waals surface area contributed by atoms with Crippen LogP contribution in [-0.2, 0) is 6.54 Å². The highest BCUT2D eigenvalue weighted by molar-refractivity contribution is 4.70. The number of hydrogen-bond acceptors (Lipinski definition) is 2. The summed E-state index contributed by atoms with van der Waals surface area (Å²) in [6, 6.07) is 0. The second kappa shape index (κ2) is 2.38. The van der Waals surface area contributed by atoms with Crippen LogP contribution in [0.5, 0.6) is 0 Å². The Morgan fingerprint density at radius 1 is 1.60 bits per heavy atom. The van der Waals surface area contributed by atoms with Gasteiger partial charge in [-0.3, -0.25) is 4.98 Å². The van der Waals surface area contributed by atoms with Crippen LogP contribution in [0.25, 0.3) is 0 Å². The molecule has 1 heterocycles. The Balaban J connectivity index is 3.15. The smallest absolute Gasteiger partial charge is 0.257 e. The van der Waals surface area contributed by atoms with Crippen molar-refractivity contribution in [2.75, 3.05) is 0 Å². The summed E-state index contributed by atoms with van der Waals surface area (Å²) in [6.07, 6.45) is 1.52. The quantitative estimate of drug-likeness (QED) is 0.521. The third-order valence-corrected chi connectivity index (χ3v) is 1.01. The van der Waals surface area contributed by atoms with Crippen LogP contribution in [0.4, 0.5) is 0 Å². The average molecular weight is 141 g/mol. The van der Waals surface area contributed by atoms with Crippen molar-refractivity contribution in [3.8, 4) is 0 Å². The molecule has 0 saturated carbocycles. The van der Waals surface area contributed by atoms with Crippen LogP contribution in [0, 0.1) is 0 Å². The molecule has 0 amide bonds. The largest absolute Gasteiger partial charge is 0.344 e. The van der Waals surface area contributed by atoms with Gasteiger partial charge in [0, 0.05) is 0 Å². The van der Waals surface area contributed by atoms with Crippen LogP contribution >= 0.6 is 0 Å². The van der Waals surface area contributed by atoms with Crippen molar-refractivity contribution in [2.24, 2.45) is 0 Å². The third kappa shape index (κ3) is 1.07. The van der Waals surface area contributed by atoms with Crippen molar-refractivity contribution in [3.63, 3.8) is 0 Å². The molecule has 1 rings (SSSR count). The summed E-state index contributed by atoms with van der Waals surface area (Å²) in [5.41, 5.74) is -0.934. The molecule has 0 saturated heterocycles. The van der Waals surface area contributed by atoms with Gasteiger partial charge in [0.05, 0.1) is 6.54 Å². The SMILES string of the molecule is C=CCn1[nH]c(=O)[nH]c1=O. The van der Waals surface area contributed by atoms with E-state index in [4.69, 9.17) is 0 Å². The average Bonchev–Trinajstić information content (AvgIpc) is 2.13. The molecular weight excluding hydrogens is 134 g/mol. The highest BCUT2D eigenvalue weighted by atomic mass is 16.2. The van der Waals surface area contributed by atoms with Gasteiger partial charge in [0.2, 0.25) is 0 Å². The van der Waals surface area contributed by atoms with Gasteiger partial charge in [-0.25, -0.2) is 19.4 Å². The summed E-state index contributed by atoms with van der Waals surface area (Å²) in [5, 5.41) is 2.27. The molecule has 0 aromatic carbocycles. The van der Waals surface area contributed by atoms with E-state index in [1.807, 2.05) is 4.98 Å². The summed E-state index contributed by atoms with van der Waals surface area (Å²) in [4.78, 5) is 23.1. The van der Waals surface area contributed by atoms with Gasteiger partial charge in [-0.05, 0) is 0 Å². The fourth-order valence-electron chi connectivity index (χ4n) is 0.624. The topological polar surface area (TPSA) is 70.7 Å². The number of aromatic nitrogens is 3. The Labute approximate surface area is 56.0 Å². The Kier molecular flexibility index (Phi) is 1.57. The first kappa shape index (κ1) is 6.60. The standard InChI is InChI=1S/C5H7N3O2/c1-2-3-8-5(10)6-4(9)7-8/h2H,1,3H2,(H2,6,7,9,10). The Bertz CT molecular complexity index is 329. The van der Waals surface area contributed by atoms with E-state index in [0.29, 0.717) is 6.54 Å². The lowest BCUT2D eigenvalue weighted by atomic mass is 10.6. The second-order valence-electron chi connectivity index (χ2n) is 1.77. The Morgan fingerprint density at radius 2 is 2.30 bits per heavy atom. The zero-order valence-electron chi connectivity index (χ0n) is 5.26. The lowest BCUT2D eigenvalue weighted by Crippen LogP contribution is -2.16. The molecule has 0 fully saturated rings. The van der Waals surface area contributed by atoms with Gasteiger partial charge in [0.1, 0.15) is 0 Å². The molecule has 2 N–H and O–H groups in total. The molecule has 0 unspecified atom stereocenters. The van der Waals surface area contributed by atoms with Crippen molar-refractivity contribution < 1.29 is 0 Å². The van der Waals surface area contributed by atoms with E-state index >= 15 is 0 Å². The van der Waals surface area contributed by atoms with Crippen LogP contribution < -0.4 is 11.4 Å². The predicted octanol–water partition coefficient (Wildman–Crippen LogP) is -0.949. The lowest BCUT2D eigenvalue weighted by molar-refractivity contribution is 0.668. The minimum Gasteiger partial charge on any atom is -0.257 e. The molecule has 5 nitrogen and oxygen atoms in total. The van der Waals surface area contributed by atoms with E-state index in [2.05, 4.69) is 11.7 Å². The maximum Gasteiger partial charge on any atom is 0.344 e. The molecule has 0 atom stereocenters. The molecule has 0 aliphatic carbocycles. The Hall–Kier alpha value is -1.52. The highest BCUT2D eigenvalue weighted by Gasteiger charge is 1.93. The molecule has 0 spiro atoms. The van der Waals surface area contributed by atoms with Crippen LogP contribution in [0.2, 0.25) is 0 Å². The van der Waals surface area contributed by atoms with E-state index in [0.717, 1.165) is 4.68 Å². The van der Waals surface area contributed by atoms with Crippen molar-refractivity contribution in [1.82, 2.24) is 14.8 Å². The van der Waals surface area contributed by atoms with Crippen molar-refractivity contribution >= 4 is 0 Å². The molecular formula is C5H7N3O2. The summed E-state index contributed by atoms with van der Waals surface area (Å²) in [5.74, 6) is 0. The fourth-order valence-corrected chi connectivity index (χ4v) is 0.624. The number of nitrogens with zero attached hydrogens (tertiary/aromatic N) is 1. The number of allylic oxidation sites excluding steroid dienone is 1. The molecule has 0 bridgehead atoms. The van der Waals surface area contributed by atoms with Gasteiger partial charge in [-0.15, -0.1) is 6.58 Å². The molecule has 1 aromatic rings. The third-order valence-electron chi connectivity index (χ3n) is 1.01. The molecule has 1 aromatic heterocycles. The Morgan fingerprint density at radius 3 is 2.70 bits per heavy atom. The predicted molar refractivity (Wildman–Crippen MR) is 35.9 cm³/mol. The van der Waals surface area contributed by atoms with E-state index in [1.165, 1.54) is 6.08 Å². The van der Waals surface area contributed by atoms with Crippen LogP contribution in [0.3, 0.4) is 0 Å². The minimum atomic E-state index is -0.494. The molecule has 54 valence electrons. The first-order valence-electron chi connectivity index (χ1n) is 2.74. The van der Waals surface area contributed by atoms with Gasteiger partial charge in [-0.1, -0.05) is 6.08 Å². The monoisotopic (exact) mass is 141 g/mol. The van der Waals surface area contributed by atoms with Crippen molar-refractivity contribution in [2.45, 2.75) is 6.54 Å². The van der Waals surface area contributed by atoms with Gasteiger partial charge < -0.3 is 0 Å².